The average molecular weight is 240 g/mol. The van der Waals surface area contributed by atoms with Crippen LogP contribution in [0.4, 0.5) is 0 Å². The molecule has 0 bridgehead atoms. The van der Waals surface area contributed by atoms with Crippen molar-refractivity contribution in [2.24, 2.45) is 0 Å². The van der Waals surface area contributed by atoms with Gasteiger partial charge >= 0.3 is 5.97 Å². The van der Waals surface area contributed by atoms with Gasteiger partial charge in [-0.2, -0.15) is 0 Å². The molecule has 1 heterocycles. The Morgan fingerprint density at radius 3 is 2.75 bits per heavy atom. The van der Waals surface area contributed by atoms with Crippen LogP contribution in [0.1, 0.15) is 16.8 Å². The number of carbonyl (C=O) groups is 2. The predicted molar refractivity (Wildman–Crippen MR) is 60.6 cm³/mol. The summed E-state index contributed by atoms with van der Waals surface area (Å²) < 4.78 is 0. The van der Waals surface area contributed by atoms with Crippen LogP contribution in [0.5, 0.6) is 0 Å². The molecule has 0 unspecified atom stereocenters. The second-order valence-corrected chi connectivity index (χ2v) is 4.08. The lowest BCUT2D eigenvalue weighted by Crippen LogP contribution is -2.17. The Bertz CT molecular complexity index is 378. The number of hydrogen-bond donors (Lipinski definition) is 2. The molecule has 0 saturated carbocycles. The maximum absolute atomic E-state index is 10.9. The van der Waals surface area contributed by atoms with Gasteiger partial charge in [-0.05, 0) is 12.1 Å². The molecule has 0 aliphatic carbocycles. The molecule has 0 aromatic carbocycles. The van der Waals surface area contributed by atoms with Gasteiger partial charge in [-0.1, -0.05) is 0 Å². The fourth-order valence-corrected chi connectivity index (χ4v) is 1.75. The summed E-state index contributed by atoms with van der Waals surface area (Å²) in [4.78, 5) is 25.5. The molecule has 0 fully saturated rings. The lowest BCUT2D eigenvalue weighted by atomic mass is 10.3. The summed E-state index contributed by atoms with van der Waals surface area (Å²) >= 11 is 1.42. The summed E-state index contributed by atoms with van der Waals surface area (Å²) in [5.41, 5.74) is 0.163. The SMILES string of the molecule is CNC(=O)CCSc1ccc(C(=O)O)cn1. The van der Waals surface area contributed by atoms with E-state index in [1.165, 1.54) is 24.0 Å². The second kappa shape index (κ2) is 6.12. The number of aromatic carboxylic acids is 1. The smallest absolute Gasteiger partial charge is 0.337 e. The van der Waals surface area contributed by atoms with Crippen molar-refractivity contribution in [1.29, 1.82) is 0 Å². The van der Waals surface area contributed by atoms with E-state index in [2.05, 4.69) is 10.3 Å². The van der Waals surface area contributed by atoms with Gasteiger partial charge in [0, 0.05) is 25.4 Å². The van der Waals surface area contributed by atoms with E-state index in [1.807, 2.05) is 0 Å². The molecule has 1 aromatic rings. The molecule has 0 atom stereocenters. The van der Waals surface area contributed by atoms with Crippen molar-refractivity contribution in [2.75, 3.05) is 12.8 Å². The lowest BCUT2D eigenvalue weighted by Gasteiger charge is -2.00. The first-order chi connectivity index (χ1) is 7.63. The summed E-state index contributed by atoms with van der Waals surface area (Å²) in [6.07, 6.45) is 1.73. The number of carboxylic acids is 1. The van der Waals surface area contributed by atoms with Gasteiger partial charge in [-0.3, -0.25) is 4.79 Å². The quantitative estimate of drug-likeness (QED) is 0.751. The standard InChI is InChI=1S/C10H12N2O3S/c1-11-8(13)4-5-16-9-3-2-7(6-12-9)10(14)15/h2-3,6H,4-5H2,1H3,(H,11,13)(H,14,15). The third-order valence-corrected chi connectivity index (χ3v) is 2.79. The van der Waals surface area contributed by atoms with Gasteiger partial charge in [0.25, 0.3) is 0 Å². The van der Waals surface area contributed by atoms with E-state index < -0.39 is 5.97 Å². The number of carboxylic acid groups (broad SMARTS) is 1. The number of amides is 1. The Morgan fingerprint density at radius 1 is 1.50 bits per heavy atom. The van der Waals surface area contributed by atoms with Gasteiger partial charge in [0.05, 0.1) is 10.6 Å². The molecular weight excluding hydrogens is 228 g/mol. The molecule has 6 heteroatoms. The number of thioether (sulfide) groups is 1. The molecule has 0 aliphatic heterocycles. The van der Waals surface area contributed by atoms with E-state index in [9.17, 15) is 9.59 Å². The summed E-state index contributed by atoms with van der Waals surface area (Å²) in [5.74, 6) is -0.386. The van der Waals surface area contributed by atoms with Crippen LogP contribution in [0.25, 0.3) is 0 Å². The van der Waals surface area contributed by atoms with E-state index in [-0.39, 0.29) is 11.5 Å². The lowest BCUT2D eigenvalue weighted by molar-refractivity contribution is -0.120. The topological polar surface area (TPSA) is 79.3 Å². The highest BCUT2D eigenvalue weighted by Crippen LogP contribution is 2.16. The first kappa shape index (κ1) is 12.5. The van der Waals surface area contributed by atoms with Gasteiger partial charge in [-0.15, -0.1) is 11.8 Å². The number of nitrogens with one attached hydrogen (secondary N) is 1. The van der Waals surface area contributed by atoms with E-state index in [0.717, 1.165) is 0 Å². The fraction of sp³-hybridized carbons (Fsp3) is 0.300. The highest BCUT2D eigenvalue weighted by molar-refractivity contribution is 7.99. The Hall–Kier alpha value is -1.56. The summed E-state index contributed by atoms with van der Waals surface area (Å²) in [5, 5.41) is 11.9. The van der Waals surface area contributed by atoms with Crippen molar-refractivity contribution in [3.05, 3.63) is 23.9 Å². The molecule has 16 heavy (non-hydrogen) atoms. The molecule has 5 nitrogen and oxygen atoms in total. The monoisotopic (exact) mass is 240 g/mol. The third kappa shape index (κ3) is 3.90. The minimum absolute atomic E-state index is 0.0188. The zero-order valence-corrected chi connectivity index (χ0v) is 9.58. The number of nitrogens with zero attached hydrogens (tertiary/aromatic N) is 1. The highest BCUT2D eigenvalue weighted by atomic mass is 32.2. The molecule has 1 aromatic heterocycles. The van der Waals surface area contributed by atoms with Gasteiger partial charge < -0.3 is 10.4 Å². The van der Waals surface area contributed by atoms with Crippen LogP contribution >= 0.6 is 11.8 Å². The van der Waals surface area contributed by atoms with Crippen LogP contribution in [0.3, 0.4) is 0 Å². The Labute approximate surface area is 97.3 Å². The molecule has 0 spiro atoms. The van der Waals surface area contributed by atoms with Crippen LogP contribution in [0, 0.1) is 0 Å². The number of pyridine rings is 1. The third-order valence-electron chi connectivity index (χ3n) is 1.84. The Morgan fingerprint density at radius 2 is 2.25 bits per heavy atom. The van der Waals surface area contributed by atoms with Crippen LogP contribution in [-0.4, -0.2) is 34.8 Å². The van der Waals surface area contributed by atoms with Crippen molar-refractivity contribution in [1.82, 2.24) is 10.3 Å². The van der Waals surface area contributed by atoms with Crippen LogP contribution in [-0.2, 0) is 4.79 Å². The van der Waals surface area contributed by atoms with Gasteiger partial charge in [0.1, 0.15) is 0 Å². The molecule has 0 saturated heterocycles. The molecular formula is C10H12N2O3S. The normalized spacial score (nSPS) is 9.81. The highest BCUT2D eigenvalue weighted by Gasteiger charge is 2.04. The molecule has 2 N–H and O–H groups in total. The first-order valence-corrected chi connectivity index (χ1v) is 5.64. The molecule has 86 valence electrons. The number of carbonyl (C=O) groups excluding carboxylic acids is 1. The molecule has 1 rings (SSSR count). The Balaban J connectivity index is 2.43. The zero-order valence-electron chi connectivity index (χ0n) is 8.77. The van der Waals surface area contributed by atoms with Gasteiger partial charge in [0.2, 0.25) is 5.91 Å². The van der Waals surface area contributed by atoms with E-state index in [0.29, 0.717) is 17.2 Å². The minimum Gasteiger partial charge on any atom is -0.478 e. The van der Waals surface area contributed by atoms with Crippen LogP contribution in [0.2, 0.25) is 0 Å². The number of hydrogen-bond acceptors (Lipinski definition) is 4. The maximum Gasteiger partial charge on any atom is 0.337 e. The first-order valence-electron chi connectivity index (χ1n) is 4.66. The predicted octanol–water partition coefficient (Wildman–Crippen LogP) is 1.01. The molecule has 0 radical (unpaired) electrons. The van der Waals surface area contributed by atoms with E-state index >= 15 is 0 Å². The van der Waals surface area contributed by atoms with E-state index in [4.69, 9.17) is 5.11 Å². The minimum atomic E-state index is -0.991. The van der Waals surface area contributed by atoms with Crippen molar-refractivity contribution >= 4 is 23.6 Å². The van der Waals surface area contributed by atoms with Crippen LogP contribution in [0.15, 0.2) is 23.4 Å². The largest absolute Gasteiger partial charge is 0.478 e. The fourth-order valence-electron chi connectivity index (χ4n) is 0.965. The van der Waals surface area contributed by atoms with Crippen molar-refractivity contribution in [3.63, 3.8) is 0 Å². The molecule has 0 aliphatic rings. The number of rotatable bonds is 5. The Kier molecular flexibility index (Phi) is 4.78. The van der Waals surface area contributed by atoms with Crippen molar-refractivity contribution < 1.29 is 14.7 Å². The van der Waals surface area contributed by atoms with Gasteiger partial charge in [0.15, 0.2) is 0 Å². The maximum atomic E-state index is 10.9. The number of aromatic nitrogens is 1. The summed E-state index contributed by atoms with van der Waals surface area (Å²) in [6.45, 7) is 0. The average Bonchev–Trinajstić information content (AvgIpc) is 2.29. The molecule has 1 amide bonds. The van der Waals surface area contributed by atoms with E-state index in [1.54, 1.807) is 13.1 Å². The van der Waals surface area contributed by atoms with Crippen molar-refractivity contribution in [3.8, 4) is 0 Å². The summed E-state index contributed by atoms with van der Waals surface area (Å²) in [7, 11) is 1.59. The van der Waals surface area contributed by atoms with Crippen LogP contribution < -0.4 is 5.32 Å². The summed E-state index contributed by atoms with van der Waals surface area (Å²) in [6, 6.07) is 3.13. The van der Waals surface area contributed by atoms with Gasteiger partial charge in [-0.25, -0.2) is 9.78 Å². The second-order valence-electron chi connectivity index (χ2n) is 2.96. The van der Waals surface area contributed by atoms with Crippen molar-refractivity contribution in [2.45, 2.75) is 11.4 Å². The zero-order chi connectivity index (χ0) is 12.0.